The molecule has 2 aromatic heterocycles. The van der Waals surface area contributed by atoms with Crippen LogP contribution in [0.25, 0.3) is 73.7 Å². The van der Waals surface area contributed by atoms with Crippen molar-refractivity contribution in [3.05, 3.63) is 132 Å². The Morgan fingerprint density at radius 3 is 1.48 bits per heavy atom. The molecule has 0 aliphatic carbocycles. The van der Waals surface area contributed by atoms with Crippen molar-refractivity contribution in [2.45, 2.75) is 0 Å². The second-order valence-corrected chi connectivity index (χ2v) is 12.5. The molecule has 194 valence electrons. The van der Waals surface area contributed by atoms with E-state index >= 15 is 0 Å². The van der Waals surface area contributed by atoms with Gasteiger partial charge in [0, 0.05) is 57.0 Å². The van der Waals surface area contributed by atoms with Gasteiger partial charge in [-0.2, -0.15) is 10.5 Å². The minimum absolute atomic E-state index is 0.516. The Kier molecular flexibility index (Phi) is 5.66. The van der Waals surface area contributed by atoms with E-state index in [-0.39, 0.29) is 0 Å². The molecule has 0 saturated carbocycles. The summed E-state index contributed by atoms with van der Waals surface area (Å²) in [6, 6.07) is 46.7. The molecule has 6 aromatic carbocycles. The van der Waals surface area contributed by atoms with Gasteiger partial charge in [0.1, 0.15) is 12.1 Å². The van der Waals surface area contributed by atoms with Crippen molar-refractivity contribution in [1.82, 2.24) is 0 Å². The normalized spacial score (nSPS) is 11.3. The van der Waals surface area contributed by atoms with E-state index in [1.54, 1.807) is 22.7 Å². The largest absolute Gasteiger partial charge is 0.192 e. The predicted molar refractivity (Wildman–Crippen MR) is 178 cm³/mol. The Bertz CT molecular complexity index is 2430. The topological polar surface area (TPSA) is 47.6 Å². The fourth-order valence-electron chi connectivity index (χ4n) is 6.05. The van der Waals surface area contributed by atoms with Crippen molar-refractivity contribution >= 4 is 63.0 Å². The summed E-state index contributed by atoms with van der Waals surface area (Å²) in [5, 5.41) is 26.1. The zero-order chi connectivity index (χ0) is 28.2. The minimum Gasteiger partial charge on any atom is -0.192 e. The molecule has 0 aliphatic rings. The Hall–Kier alpha value is -5.26. The molecule has 0 unspecified atom stereocenters. The van der Waals surface area contributed by atoms with Crippen LogP contribution >= 0.6 is 22.7 Å². The molecule has 4 heteroatoms. The van der Waals surface area contributed by atoms with E-state index in [4.69, 9.17) is 0 Å². The molecule has 8 rings (SSSR count). The lowest BCUT2D eigenvalue weighted by Crippen LogP contribution is -1.98. The molecule has 2 nitrogen and oxygen atoms in total. The van der Waals surface area contributed by atoms with E-state index in [1.165, 1.54) is 35.0 Å². The second kappa shape index (κ2) is 9.68. The fourth-order valence-corrected chi connectivity index (χ4v) is 8.23. The lowest BCUT2D eigenvalue weighted by atomic mass is 9.83. The van der Waals surface area contributed by atoms with Crippen molar-refractivity contribution in [2.24, 2.45) is 0 Å². The van der Waals surface area contributed by atoms with Gasteiger partial charge < -0.3 is 0 Å². The zero-order valence-electron chi connectivity index (χ0n) is 22.3. The van der Waals surface area contributed by atoms with E-state index < -0.39 is 0 Å². The number of benzene rings is 6. The highest BCUT2D eigenvalue weighted by atomic mass is 32.1. The van der Waals surface area contributed by atoms with E-state index in [9.17, 15) is 10.5 Å². The predicted octanol–water partition coefficient (Wildman–Crippen LogP) is 11.2. The highest BCUT2D eigenvalue weighted by molar-refractivity contribution is 7.26. The summed E-state index contributed by atoms with van der Waals surface area (Å²) in [7, 11) is 0. The van der Waals surface area contributed by atoms with Crippen molar-refractivity contribution in [3.8, 4) is 45.5 Å². The maximum Gasteiger partial charge on any atom is 0.100 e. The Morgan fingerprint density at radius 2 is 0.881 bits per heavy atom. The molecule has 0 bridgehead atoms. The Labute approximate surface area is 250 Å². The lowest BCUT2D eigenvalue weighted by molar-refractivity contribution is 1.43. The molecule has 0 spiro atoms. The number of thiophene rings is 2. The minimum atomic E-state index is 0.516. The first kappa shape index (κ1) is 24.5. The molecule has 0 amide bonds. The number of fused-ring (bicyclic) bond motifs is 6. The second-order valence-electron chi connectivity index (χ2n) is 10.3. The molecule has 2 heterocycles. The van der Waals surface area contributed by atoms with E-state index in [0.717, 1.165) is 33.2 Å². The van der Waals surface area contributed by atoms with Crippen molar-refractivity contribution in [2.75, 3.05) is 0 Å². The summed E-state index contributed by atoms with van der Waals surface area (Å²) in [6.07, 6.45) is 0. The van der Waals surface area contributed by atoms with Crippen LogP contribution in [0.5, 0.6) is 0 Å². The van der Waals surface area contributed by atoms with Gasteiger partial charge in [0.15, 0.2) is 0 Å². The quantitative estimate of drug-likeness (QED) is 0.213. The van der Waals surface area contributed by atoms with Crippen LogP contribution in [0.2, 0.25) is 0 Å². The number of nitriles is 2. The first-order valence-corrected chi connectivity index (χ1v) is 15.3. The van der Waals surface area contributed by atoms with Crippen LogP contribution in [0, 0.1) is 22.7 Å². The molecule has 8 aromatic rings. The third-order valence-corrected chi connectivity index (χ3v) is 10.3. The molecule has 0 N–H and O–H groups in total. The maximum absolute atomic E-state index is 10.7. The molecule has 0 radical (unpaired) electrons. The molecule has 0 aliphatic heterocycles. The summed E-state index contributed by atoms with van der Waals surface area (Å²) < 4.78 is 4.87. The van der Waals surface area contributed by atoms with Gasteiger partial charge in [-0.15, -0.1) is 22.7 Å². The first-order chi connectivity index (χ1) is 20.7. The maximum atomic E-state index is 10.7. The van der Waals surface area contributed by atoms with Gasteiger partial charge in [-0.3, -0.25) is 0 Å². The van der Waals surface area contributed by atoms with Gasteiger partial charge in [-0.1, -0.05) is 78.9 Å². The van der Waals surface area contributed by atoms with Crippen LogP contribution in [0.15, 0.2) is 121 Å². The fraction of sp³-hybridized carbons (Fsp3) is 0. The van der Waals surface area contributed by atoms with Crippen molar-refractivity contribution in [3.63, 3.8) is 0 Å². The third kappa shape index (κ3) is 3.75. The van der Waals surface area contributed by atoms with Crippen LogP contribution < -0.4 is 0 Å². The van der Waals surface area contributed by atoms with Gasteiger partial charge in [0.25, 0.3) is 0 Å². The van der Waals surface area contributed by atoms with Gasteiger partial charge in [-0.05, 0) is 59.2 Å². The number of hydrogen-bond donors (Lipinski definition) is 0. The Morgan fingerprint density at radius 1 is 0.405 bits per heavy atom. The van der Waals surface area contributed by atoms with Crippen molar-refractivity contribution < 1.29 is 0 Å². The van der Waals surface area contributed by atoms with Crippen molar-refractivity contribution in [1.29, 1.82) is 10.5 Å². The average Bonchev–Trinajstić information content (AvgIpc) is 3.61. The van der Waals surface area contributed by atoms with Gasteiger partial charge in [0.05, 0.1) is 11.1 Å². The first-order valence-electron chi connectivity index (χ1n) is 13.6. The number of nitrogens with zero attached hydrogens (tertiary/aromatic N) is 2. The lowest BCUT2D eigenvalue weighted by Gasteiger charge is -2.17. The monoisotopic (exact) mass is 568 g/mol. The summed E-state index contributed by atoms with van der Waals surface area (Å²) in [4.78, 5) is 0. The highest BCUT2D eigenvalue weighted by Crippen LogP contribution is 2.44. The number of hydrogen-bond acceptors (Lipinski definition) is 4. The SMILES string of the molecule is N#Cc1c(-c2ccccc2)cc(-c2ccc3sc4ccccc4c3c2)c(C#N)c1-c1ccc2sc3ccccc3c2c1. The van der Waals surface area contributed by atoms with Crippen LogP contribution in [0.1, 0.15) is 11.1 Å². The van der Waals surface area contributed by atoms with E-state index in [1.807, 2.05) is 36.4 Å². The zero-order valence-corrected chi connectivity index (χ0v) is 23.9. The standard InChI is InChI=1S/C38H20N2S2/c39-21-32-28(23-8-2-1-3-9-23)20-29(24-14-16-36-30(18-24)26-10-4-6-12-34(26)41-36)33(22-40)38(32)25-15-17-37-31(19-25)27-11-5-7-13-35(27)42-37/h1-20H. The summed E-state index contributed by atoms with van der Waals surface area (Å²) in [5.74, 6) is 0. The molecule has 0 fully saturated rings. The molecular formula is C38H20N2S2. The molecule has 42 heavy (non-hydrogen) atoms. The smallest absolute Gasteiger partial charge is 0.100 e. The molecule has 0 atom stereocenters. The van der Waals surface area contributed by atoms with E-state index in [0.29, 0.717) is 16.7 Å². The highest BCUT2D eigenvalue weighted by Gasteiger charge is 2.22. The molecule has 0 saturated heterocycles. The average molecular weight is 569 g/mol. The van der Waals surface area contributed by atoms with Crippen LogP contribution in [0.3, 0.4) is 0 Å². The van der Waals surface area contributed by atoms with Gasteiger partial charge >= 0.3 is 0 Å². The summed E-state index contributed by atoms with van der Waals surface area (Å²) in [6.45, 7) is 0. The van der Waals surface area contributed by atoms with Gasteiger partial charge in [-0.25, -0.2) is 0 Å². The Balaban J connectivity index is 1.47. The van der Waals surface area contributed by atoms with Crippen LogP contribution in [0.4, 0.5) is 0 Å². The van der Waals surface area contributed by atoms with Gasteiger partial charge in [0.2, 0.25) is 0 Å². The van der Waals surface area contributed by atoms with E-state index in [2.05, 4.69) is 97.1 Å². The summed E-state index contributed by atoms with van der Waals surface area (Å²) in [5.41, 5.74) is 6.17. The number of rotatable bonds is 3. The summed E-state index contributed by atoms with van der Waals surface area (Å²) >= 11 is 3.54. The molecular weight excluding hydrogens is 549 g/mol. The van der Waals surface area contributed by atoms with Crippen LogP contribution in [-0.4, -0.2) is 0 Å². The third-order valence-electron chi connectivity index (χ3n) is 7.99. The van der Waals surface area contributed by atoms with Crippen LogP contribution in [-0.2, 0) is 0 Å².